The number of hydrogen-bond donors (Lipinski definition) is 2. The topological polar surface area (TPSA) is 57.5 Å². The summed E-state index contributed by atoms with van der Waals surface area (Å²) in [6.07, 6.45) is 0.481. The molecule has 0 unspecified atom stereocenters. The van der Waals surface area contributed by atoms with Gasteiger partial charge in [-0.1, -0.05) is 0 Å². The summed E-state index contributed by atoms with van der Waals surface area (Å²) in [6.45, 7) is 0. The zero-order chi connectivity index (χ0) is 7.56. The number of carbonyl (C=O) groups is 1. The minimum absolute atomic E-state index is 0. The van der Waals surface area contributed by atoms with Crippen molar-refractivity contribution in [2.75, 3.05) is 0 Å². The standard InChI is InChI=1S/C7H6O3.Fe/c8-4-5-3-6(9)1-2-7(5)10;/h1-4,9-10H;. The van der Waals surface area contributed by atoms with E-state index in [2.05, 4.69) is 0 Å². The van der Waals surface area contributed by atoms with Crippen LogP contribution in [0.4, 0.5) is 0 Å². The number of rotatable bonds is 1. The van der Waals surface area contributed by atoms with Gasteiger partial charge in [-0.25, -0.2) is 0 Å². The average molecular weight is 194 g/mol. The molecule has 1 aromatic rings. The van der Waals surface area contributed by atoms with E-state index in [1.165, 1.54) is 18.2 Å². The van der Waals surface area contributed by atoms with Gasteiger partial charge in [-0.15, -0.1) is 0 Å². The van der Waals surface area contributed by atoms with Gasteiger partial charge in [-0.05, 0) is 18.2 Å². The summed E-state index contributed by atoms with van der Waals surface area (Å²) in [5, 5.41) is 17.7. The summed E-state index contributed by atoms with van der Waals surface area (Å²) >= 11 is 0. The van der Waals surface area contributed by atoms with E-state index < -0.39 is 0 Å². The van der Waals surface area contributed by atoms with Crippen molar-refractivity contribution in [2.45, 2.75) is 0 Å². The molecule has 0 saturated heterocycles. The van der Waals surface area contributed by atoms with Crippen molar-refractivity contribution >= 4 is 6.29 Å². The van der Waals surface area contributed by atoms with Crippen molar-refractivity contribution in [2.24, 2.45) is 0 Å². The fourth-order valence-electron chi connectivity index (χ4n) is 0.636. The molecule has 0 heterocycles. The Morgan fingerprint density at radius 3 is 2.36 bits per heavy atom. The number of carbonyl (C=O) groups excluding carboxylic acids is 1. The molecule has 2 N–H and O–H groups in total. The van der Waals surface area contributed by atoms with Gasteiger partial charge in [0.2, 0.25) is 0 Å². The van der Waals surface area contributed by atoms with Crippen LogP contribution in [0, 0.1) is 0 Å². The maximum atomic E-state index is 10.1. The van der Waals surface area contributed by atoms with Crippen molar-refractivity contribution in [3.63, 3.8) is 0 Å². The summed E-state index contributed by atoms with van der Waals surface area (Å²) in [4.78, 5) is 10.1. The number of phenolic OH excluding ortho intramolecular Hbond substituents is 2. The van der Waals surface area contributed by atoms with Gasteiger partial charge in [0, 0.05) is 17.1 Å². The van der Waals surface area contributed by atoms with Crippen molar-refractivity contribution in [1.29, 1.82) is 0 Å². The van der Waals surface area contributed by atoms with Gasteiger partial charge < -0.3 is 10.2 Å². The zero-order valence-electron chi connectivity index (χ0n) is 5.47. The van der Waals surface area contributed by atoms with Crippen molar-refractivity contribution in [3.05, 3.63) is 23.8 Å². The first kappa shape index (κ1) is 10.0. The van der Waals surface area contributed by atoms with E-state index in [0.717, 1.165) is 0 Å². The van der Waals surface area contributed by atoms with Gasteiger partial charge in [-0.3, -0.25) is 4.79 Å². The molecule has 0 fully saturated rings. The number of aromatic hydroxyl groups is 2. The SMILES string of the molecule is O=Cc1cc(O)ccc1O.[Fe]. The Hall–Kier alpha value is -0.991. The molecule has 3 nitrogen and oxygen atoms in total. The molecule has 0 aliphatic carbocycles. The van der Waals surface area contributed by atoms with Crippen LogP contribution in [-0.4, -0.2) is 16.5 Å². The summed E-state index contributed by atoms with van der Waals surface area (Å²) in [5.41, 5.74) is 0.0972. The Labute approximate surface area is 74.1 Å². The maximum absolute atomic E-state index is 10.1. The Bertz CT molecular complexity index is 260. The van der Waals surface area contributed by atoms with Crippen LogP contribution in [0.2, 0.25) is 0 Å². The van der Waals surface area contributed by atoms with E-state index in [1.807, 2.05) is 0 Å². The van der Waals surface area contributed by atoms with Crippen molar-refractivity contribution in [1.82, 2.24) is 0 Å². The number of benzene rings is 1. The van der Waals surface area contributed by atoms with Gasteiger partial charge in [-0.2, -0.15) is 0 Å². The van der Waals surface area contributed by atoms with E-state index in [0.29, 0.717) is 6.29 Å². The van der Waals surface area contributed by atoms with Crippen LogP contribution in [0.15, 0.2) is 18.2 Å². The van der Waals surface area contributed by atoms with Gasteiger partial charge in [0.25, 0.3) is 0 Å². The second kappa shape index (κ2) is 4.01. The predicted octanol–water partition coefficient (Wildman–Crippen LogP) is 0.908. The van der Waals surface area contributed by atoms with Crippen LogP contribution in [-0.2, 0) is 17.1 Å². The molecule has 0 aromatic heterocycles. The molecule has 60 valence electrons. The van der Waals surface area contributed by atoms with E-state index in [-0.39, 0.29) is 34.1 Å². The van der Waals surface area contributed by atoms with E-state index in [9.17, 15) is 4.79 Å². The van der Waals surface area contributed by atoms with Crippen LogP contribution < -0.4 is 0 Å². The smallest absolute Gasteiger partial charge is 0.153 e. The van der Waals surface area contributed by atoms with Gasteiger partial charge in [0.1, 0.15) is 11.5 Å². The molecule has 1 aromatic carbocycles. The third kappa shape index (κ3) is 2.26. The Morgan fingerprint density at radius 2 is 1.91 bits per heavy atom. The first-order valence-corrected chi connectivity index (χ1v) is 2.71. The van der Waals surface area contributed by atoms with E-state index in [1.54, 1.807) is 0 Å². The van der Waals surface area contributed by atoms with Crippen LogP contribution >= 0.6 is 0 Å². The van der Waals surface area contributed by atoms with Crippen molar-refractivity contribution in [3.8, 4) is 11.5 Å². The summed E-state index contributed by atoms with van der Waals surface area (Å²) in [7, 11) is 0. The molecule has 0 spiro atoms. The Morgan fingerprint density at radius 1 is 1.27 bits per heavy atom. The Kier molecular flexibility index (Phi) is 3.65. The van der Waals surface area contributed by atoms with Crippen LogP contribution in [0.25, 0.3) is 0 Å². The molecular formula is C7H6FeO3. The fourth-order valence-corrected chi connectivity index (χ4v) is 0.636. The third-order valence-corrected chi connectivity index (χ3v) is 1.14. The largest absolute Gasteiger partial charge is 0.508 e. The molecule has 11 heavy (non-hydrogen) atoms. The summed E-state index contributed by atoms with van der Waals surface area (Å²) in [5.74, 6) is -0.146. The van der Waals surface area contributed by atoms with Gasteiger partial charge in [0.15, 0.2) is 6.29 Å². The maximum Gasteiger partial charge on any atom is 0.153 e. The minimum Gasteiger partial charge on any atom is -0.508 e. The third-order valence-electron chi connectivity index (χ3n) is 1.14. The molecule has 0 saturated carbocycles. The molecular weight excluding hydrogens is 188 g/mol. The van der Waals surface area contributed by atoms with Crippen LogP contribution in [0.1, 0.15) is 10.4 Å². The van der Waals surface area contributed by atoms with Gasteiger partial charge >= 0.3 is 0 Å². The molecule has 0 aliphatic rings. The number of phenols is 2. The summed E-state index contributed by atoms with van der Waals surface area (Å²) < 4.78 is 0. The average Bonchev–Trinajstić information content (AvgIpc) is 1.94. The first-order valence-electron chi connectivity index (χ1n) is 2.71. The first-order chi connectivity index (χ1) is 4.74. The molecule has 0 atom stereocenters. The second-order valence-electron chi connectivity index (χ2n) is 1.86. The molecule has 0 amide bonds. The predicted molar refractivity (Wildman–Crippen MR) is 35.2 cm³/mol. The minimum atomic E-state index is -0.118. The van der Waals surface area contributed by atoms with Crippen LogP contribution in [0.5, 0.6) is 11.5 Å². The monoisotopic (exact) mass is 194 g/mol. The second-order valence-corrected chi connectivity index (χ2v) is 1.86. The summed E-state index contributed by atoms with van der Waals surface area (Å²) in [6, 6.07) is 3.77. The molecule has 1 rings (SSSR count). The molecule has 4 heteroatoms. The molecule has 0 aliphatic heterocycles. The Balaban J connectivity index is 0.000001000. The number of hydrogen-bond acceptors (Lipinski definition) is 3. The molecule has 0 bridgehead atoms. The zero-order valence-corrected chi connectivity index (χ0v) is 6.57. The quantitative estimate of drug-likeness (QED) is 0.396. The van der Waals surface area contributed by atoms with E-state index >= 15 is 0 Å². The van der Waals surface area contributed by atoms with E-state index in [4.69, 9.17) is 10.2 Å². The fraction of sp³-hybridized carbons (Fsp3) is 0. The van der Waals surface area contributed by atoms with Crippen LogP contribution in [0.3, 0.4) is 0 Å². The molecule has 0 radical (unpaired) electrons. The van der Waals surface area contributed by atoms with Gasteiger partial charge in [0.05, 0.1) is 5.56 Å². The van der Waals surface area contributed by atoms with Crippen molar-refractivity contribution < 1.29 is 32.1 Å². The normalized spacial score (nSPS) is 8.36. The number of aldehydes is 1.